The number of unbranched alkanes of at least 4 members (excludes halogenated alkanes) is 1. The molecule has 1 saturated carbocycles. The van der Waals surface area contributed by atoms with Crippen molar-refractivity contribution in [2.24, 2.45) is 0 Å². The van der Waals surface area contributed by atoms with E-state index in [0.29, 0.717) is 36.9 Å². The number of nitrogens with zero attached hydrogens (tertiary/aromatic N) is 3. The van der Waals surface area contributed by atoms with Gasteiger partial charge in [-0.3, -0.25) is 9.69 Å². The number of aromatic nitrogens is 2. The molecule has 1 fully saturated rings. The Hall–Kier alpha value is -4.66. The molecule has 1 aromatic heterocycles. The highest BCUT2D eigenvalue weighted by Gasteiger charge is 2.32. The van der Waals surface area contributed by atoms with Gasteiger partial charge in [0.25, 0.3) is 0 Å². The van der Waals surface area contributed by atoms with Gasteiger partial charge in [-0.25, -0.2) is 14.6 Å². The Morgan fingerprint density at radius 1 is 1.02 bits per heavy atom. The number of amides is 2. The number of rotatable bonds is 10. The Labute approximate surface area is 264 Å². The first-order valence-electron chi connectivity index (χ1n) is 15.7. The van der Waals surface area contributed by atoms with Crippen LogP contribution in [0.15, 0.2) is 73.1 Å². The number of carboxylic acid groups (broad SMARTS) is 1. The molecule has 1 aliphatic carbocycles. The van der Waals surface area contributed by atoms with E-state index in [9.17, 15) is 19.5 Å². The molecule has 2 amide bonds. The largest absolute Gasteiger partial charge is 0.465 e. The maximum absolute atomic E-state index is 12.9. The molecule has 0 saturated heterocycles. The Morgan fingerprint density at radius 2 is 1.78 bits per heavy atom. The number of hydrogen-bond donors (Lipinski definition) is 2. The van der Waals surface area contributed by atoms with Gasteiger partial charge < -0.3 is 19.7 Å². The van der Waals surface area contributed by atoms with Gasteiger partial charge in [0, 0.05) is 29.8 Å². The summed E-state index contributed by atoms with van der Waals surface area (Å²) in [5, 5.41) is 13.5. The van der Waals surface area contributed by atoms with Gasteiger partial charge in [0.1, 0.15) is 11.9 Å². The normalized spacial score (nSPS) is 16.7. The molecule has 2 N–H and O–H groups in total. The molecule has 0 atom stereocenters. The number of anilines is 1. The van der Waals surface area contributed by atoms with Gasteiger partial charge in [-0.1, -0.05) is 42.5 Å². The van der Waals surface area contributed by atoms with Crippen LogP contribution in [0.2, 0.25) is 0 Å². The summed E-state index contributed by atoms with van der Waals surface area (Å²) in [5.74, 6) is 0. The molecule has 0 aliphatic heterocycles. The molecular weight excluding hydrogens is 568 g/mol. The van der Waals surface area contributed by atoms with Gasteiger partial charge in [-0.05, 0) is 101 Å². The van der Waals surface area contributed by atoms with Crippen LogP contribution in [0.25, 0.3) is 22.2 Å². The van der Waals surface area contributed by atoms with Crippen molar-refractivity contribution in [1.29, 1.82) is 0 Å². The maximum atomic E-state index is 12.9. The molecule has 5 rings (SSSR count). The minimum absolute atomic E-state index is 0.0497. The van der Waals surface area contributed by atoms with E-state index in [0.717, 1.165) is 59.8 Å². The SMILES string of the molecule is CC(C)(C)OC(=O)NC1CCC(N(C(=O)O)c2cc(CCCCn3cnc4cc(C=O)ccc43)ccc2-c2ccccc2)CC1. The smallest absolute Gasteiger partial charge is 0.412 e. The third-order valence-corrected chi connectivity index (χ3v) is 8.29. The highest BCUT2D eigenvalue weighted by Crippen LogP contribution is 2.37. The van der Waals surface area contributed by atoms with E-state index in [2.05, 4.69) is 20.9 Å². The fourth-order valence-corrected chi connectivity index (χ4v) is 6.15. The first-order valence-corrected chi connectivity index (χ1v) is 15.7. The predicted molar refractivity (Wildman–Crippen MR) is 176 cm³/mol. The van der Waals surface area contributed by atoms with Crippen molar-refractivity contribution < 1.29 is 24.2 Å². The van der Waals surface area contributed by atoms with Crippen molar-refractivity contribution in [2.45, 2.75) is 89.9 Å². The summed E-state index contributed by atoms with van der Waals surface area (Å²) in [5.41, 5.74) is 5.49. The van der Waals surface area contributed by atoms with Crippen LogP contribution in [0, 0.1) is 0 Å². The number of benzene rings is 3. The Bertz CT molecular complexity index is 1630. The highest BCUT2D eigenvalue weighted by molar-refractivity contribution is 5.93. The van der Waals surface area contributed by atoms with Crippen LogP contribution in [0.3, 0.4) is 0 Å². The summed E-state index contributed by atoms with van der Waals surface area (Å²) in [4.78, 5) is 42.3. The number of aryl methyl sites for hydroxylation is 2. The third-order valence-electron chi connectivity index (χ3n) is 8.29. The van der Waals surface area contributed by atoms with Crippen LogP contribution >= 0.6 is 0 Å². The Morgan fingerprint density at radius 3 is 2.47 bits per heavy atom. The molecule has 9 nitrogen and oxygen atoms in total. The van der Waals surface area contributed by atoms with Crippen LogP contribution < -0.4 is 10.2 Å². The summed E-state index contributed by atoms with van der Waals surface area (Å²) in [7, 11) is 0. The maximum Gasteiger partial charge on any atom is 0.412 e. The molecule has 0 radical (unpaired) electrons. The third kappa shape index (κ3) is 8.09. The second-order valence-corrected chi connectivity index (χ2v) is 12.8. The van der Waals surface area contributed by atoms with Crippen molar-refractivity contribution >= 4 is 35.2 Å². The predicted octanol–water partition coefficient (Wildman–Crippen LogP) is 7.86. The van der Waals surface area contributed by atoms with Gasteiger partial charge in [0.05, 0.1) is 23.0 Å². The minimum Gasteiger partial charge on any atom is -0.465 e. The van der Waals surface area contributed by atoms with E-state index >= 15 is 0 Å². The van der Waals surface area contributed by atoms with Gasteiger partial charge in [-0.2, -0.15) is 0 Å². The van der Waals surface area contributed by atoms with Crippen LogP contribution in [-0.2, 0) is 17.7 Å². The summed E-state index contributed by atoms with van der Waals surface area (Å²) >= 11 is 0. The molecule has 236 valence electrons. The number of aldehydes is 1. The summed E-state index contributed by atoms with van der Waals surface area (Å²) in [6.45, 7) is 6.30. The molecule has 45 heavy (non-hydrogen) atoms. The lowest BCUT2D eigenvalue weighted by atomic mass is 9.89. The monoisotopic (exact) mass is 610 g/mol. The number of ether oxygens (including phenoxy) is 1. The zero-order valence-corrected chi connectivity index (χ0v) is 26.2. The molecule has 4 aromatic rings. The van der Waals surface area contributed by atoms with E-state index in [1.54, 1.807) is 11.0 Å². The number of alkyl carbamates (subject to hydrolysis) is 1. The number of nitrogens with one attached hydrogen (secondary N) is 1. The van der Waals surface area contributed by atoms with Crippen molar-refractivity contribution in [3.05, 3.63) is 84.2 Å². The summed E-state index contributed by atoms with van der Waals surface area (Å²) in [6.07, 6.45) is 6.51. The van der Waals surface area contributed by atoms with Crippen molar-refractivity contribution in [1.82, 2.24) is 14.9 Å². The van der Waals surface area contributed by atoms with Crippen molar-refractivity contribution in [3.8, 4) is 11.1 Å². The summed E-state index contributed by atoms with van der Waals surface area (Å²) in [6, 6.07) is 21.4. The highest BCUT2D eigenvalue weighted by atomic mass is 16.6. The van der Waals surface area contributed by atoms with E-state index in [1.807, 2.05) is 81.7 Å². The fourth-order valence-electron chi connectivity index (χ4n) is 6.15. The average molecular weight is 611 g/mol. The molecule has 9 heteroatoms. The Balaban J connectivity index is 1.29. The number of carbonyl (C=O) groups excluding carboxylic acids is 2. The summed E-state index contributed by atoms with van der Waals surface area (Å²) < 4.78 is 7.52. The molecule has 0 unspecified atom stereocenters. The van der Waals surface area contributed by atoms with Crippen LogP contribution in [-0.4, -0.2) is 50.8 Å². The number of imidazole rings is 1. The van der Waals surface area contributed by atoms with Crippen molar-refractivity contribution in [2.75, 3.05) is 4.90 Å². The lowest BCUT2D eigenvalue weighted by Gasteiger charge is -2.36. The molecular formula is C36H42N4O5. The fraction of sp³-hybridized carbons (Fsp3) is 0.389. The van der Waals surface area contributed by atoms with Gasteiger partial charge >= 0.3 is 12.2 Å². The van der Waals surface area contributed by atoms with Gasteiger partial charge in [0.2, 0.25) is 0 Å². The second-order valence-electron chi connectivity index (χ2n) is 12.8. The van der Waals surface area contributed by atoms with E-state index < -0.39 is 17.8 Å². The van der Waals surface area contributed by atoms with E-state index in [1.165, 1.54) is 0 Å². The molecule has 0 bridgehead atoms. The molecule has 3 aromatic carbocycles. The van der Waals surface area contributed by atoms with Crippen molar-refractivity contribution in [3.63, 3.8) is 0 Å². The lowest BCUT2D eigenvalue weighted by molar-refractivity contribution is 0.0490. The standard InChI is InChI=1S/C36H42N4O5/c1-36(2,3)45-34(42)38-28-14-16-29(17-15-28)40(35(43)44)33-22-25(12-18-30(33)27-10-5-4-6-11-27)9-7-8-20-39-24-37-31-21-26(23-41)13-19-32(31)39/h4-6,10-13,18-19,21-24,28-29H,7-9,14-17,20H2,1-3H3,(H,38,42)(H,43,44). The van der Waals surface area contributed by atoms with Gasteiger partial charge in [-0.15, -0.1) is 0 Å². The molecule has 1 heterocycles. The number of carbonyl (C=O) groups is 3. The topological polar surface area (TPSA) is 114 Å². The Kier molecular flexibility index (Phi) is 9.86. The zero-order chi connectivity index (χ0) is 32.0. The van der Waals surface area contributed by atoms with E-state index in [-0.39, 0.29) is 12.1 Å². The minimum atomic E-state index is -0.974. The first kappa shape index (κ1) is 31.8. The quantitative estimate of drug-likeness (QED) is 0.140. The molecule has 1 aliphatic rings. The zero-order valence-electron chi connectivity index (χ0n) is 26.2. The van der Waals surface area contributed by atoms with Crippen LogP contribution in [0.1, 0.15) is 75.2 Å². The second kappa shape index (κ2) is 14.0. The van der Waals surface area contributed by atoms with E-state index in [4.69, 9.17) is 4.74 Å². The number of hydrogen-bond acceptors (Lipinski definition) is 5. The first-order chi connectivity index (χ1) is 21.6. The lowest BCUT2D eigenvalue weighted by Crippen LogP contribution is -2.47. The molecule has 0 spiro atoms. The van der Waals surface area contributed by atoms with Crippen LogP contribution in [0.5, 0.6) is 0 Å². The van der Waals surface area contributed by atoms with Crippen LogP contribution in [0.4, 0.5) is 15.3 Å². The van der Waals surface area contributed by atoms with Gasteiger partial charge in [0.15, 0.2) is 0 Å². The average Bonchev–Trinajstić information content (AvgIpc) is 3.41. The number of fused-ring (bicyclic) bond motifs is 1.